The van der Waals surface area contributed by atoms with E-state index in [1.54, 1.807) is 37.3 Å². The van der Waals surface area contributed by atoms with Gasteiger partial charge in [-0.25, -0.2) is 4.79 Å². The Morgan fingerprint density at radius 2 is 1.96 bits per heavy atom. The number of carbonyl (C=O) groups is 1. The Labute approximate surface area is 131 Å². The molecule has 120 valence electrons. The second-order valence-electron chi connectivity index (χ2n) is 4.57. The molecule has 0 aromatic heterocycles. The second kappa shape index (κ2) is 7.35. The van der Waals surface area contributed by atoms with E-state index in [0.29, 0.717) is 17.0 Å². The second-order valence-corrected chi connectivity index (χ2v) is 4.57. The van der Waals surface area contributed by atoms with Crippen LogP contribution in [0.2, 0.25) is 0 Å². The maximum Gasteiger partial charge on any atom is 0.387 e. The third-order valence-electron chi connectivity index (χ3n) is 2.98. The van der Waals surface area contributed by atoms with Crippen LogP contribution in [-0.2, 0) is 0 Å². The van der Waals surface area contributed by atoms with Crippen LogP contribution in [0.15, 0.2) is 53.6 Å². The van der Waals surface area contributed by atoms with E-state index >= 15 is 0 Å². The van der Waals surface area contributed by atoms with Crippen molar-refractivity contribution in [3.05, 3.63) is 59.7 Å². The first-order chi connectivity index (χ1) is 11.0. The van der Waals surface area contributed by atoms with Crippen molar-refractivity contribution in [2.75, 3.05) is 5.43 Å². The van der Waals surface area contributed by atoms with Gasteiger partial charge in [0.15, 0.2) is 0 Å². The minimum Gasteiger partial charge on any atom is -0.478 e. The smallest absolute Gasteiger partial charge is 0.387 e. The summed E-state index contributed by atoms with van der Waals surface area (Å²) >= 11 is 0. The molecule has 0 aliphatic rings. The summed E-state index contributed by atoms with van der Waals surface area (Å²) in [6.45, 7) is -1.24. The molecule has 7 heteroatoms. The van der Waals surface area contributed by atoms with Crippen LogP contribution in [0.25, 0.3) is 0 Å². The standard InChI is InChI=1S/C16H14F2N2O3/c1-10(11-5-4-6-12(9-11)23-16(17)18)19-20-14-8-3-2-7-13(14)15(21)22/h2-9,16,20H,1H3,(H,21,22)/b19-10-. The summed E-state index contributed by atoms with van der Waals surface area (Å²) in [5.74, 6) is -1.05. The summed E-state index contributed by atoms with van der Waals surface area (Å²) in [5, 5.41) is 13.2. The molecule has 2 aromatic rings. The molecule has 0 aliphatic carbocycles. The number of para-hydroxylation sites is 1. The lowest BCUT2D eigenvalue weighted by Gasteiger charge is -2.08. The van der Waals surface area contributed by atoms with Gasteiger partial charge in [-0.2, -0.15) is 13.9 Å². The number of halogens is 2. The van der Waals surface area contributed by atoms with E-state index < -0.39 is 12.6 Å². The van der Waals surface area contributed by atoms with Crippen molar-refractivity contribution >= 4 is 17.4 Å². The average molecular weight is 320 g/mol. The highest BCUT2D eigenvalue weighted by molar-refractivity contribution is 6.00. The SMILES string of the molecule is C/C(=N/Nc1ccccc1C(=O)O)c1cccc(OC(F)F)c1. The first-order valence-corrected chi connectivity index (χ1v) is 6.65. The van der Waals surface area contributed by atoms with E-state index in [1.807, 2.05) is 0 Å². The Balaban J connectivity index is 2.19. The Bertz CT molecular complexity index is 733. The van der Waals surface area contributed by atoms with E-state index in [2.05, 4.69) is 15.3 Å². The number of nitrogens with zero attached hydrogens (tertiary/aromatic N) is 1. The lowest BCUT2D eigenvalue weighted by atomic mass is 10.1. The number of benzene rings is 2. The minimum absolute atomic E-state index is 0.0259. The van der Waals surface area contributed by atoms with E-state index in [1.165, 1.54) is 18.2 Å². The van der Waals surface area contributed by atoms with E-state index in [9.17, 15) is 13.6 Å². The first-order valence-electron chi connectivity index (χ1n) is 6.65. The number of aromatic carboxylic acids is 1. The summed E-state index contributed by atoms with van der Waals surface area (Å²) < 4.78 is 28.8. The number of carboxylic acid groups (broad SMARTS) is 1. The lowest BCUT2D eigenvalue weighted by molar-refractivity contribution is -0.0498. The number of rotatable bonds is 6. The molecule has 0 saturated carbocycles. The van der Waals surface area contributed by atoms with Gasteiger partial charge in [0.05, 0.1) is 17.0 Å². The van der Waals surface area contributed by atoms with Crippen LogP contribution < -0.4 is 10.2 Å². The molecular formula is C16H14F2N2O3. The number of alkyl halides is 2. The molecule has 0 fully saturated rings. The first kappa shape index (κ1) is 16.4. The summed E-state index contributed by atoms with van der Waals surface area (Å²) in [4.78, 5) is 11.1. The maximum absolute atomic E-state index is 12.2. The molecule has 5 nitrogen and oxygen atoms in total. The zero-order valence-electron chi connectivity index (χ0n) is 12.2. The van der Waals surface area contributed by atoms with Gasteiger partial charge in [-0.05, 0) is 31.2 Å². The largest absolute Gasteiger partial charge is 0.478 e. The third kappa shape index (κ3) is 4.50. The molecule has 23 heavy (non-hydrogen) atoms. The van der Waals surface area contributed by atoms with Crippen molar-refractivity contribution in [3.8, 4) is 5.75 Å². The molecule has 2 rings (SSSR count). The number of anilines is 1. The maximum atomic E-state index is 12.2. The highest BCUT2D eigenvalue weighted by Crippen LogP contribution is 2.18. The summed E-state index contributed by atoms with van der Waals surface area (Å²) in [6.07, 6.45) is 0. The minimum atomic E-state index is -2.90. The van der Waals surface area contributed by atoms with E-state index in [-0.39, 0.29) is 11.3 Å². The highest BCUT2D eigenvalue weighted by atomic mass is 19.3. The average Bonchev–Trinajstić information content (AvgIpc) is 2.52. The fraction of sp³-hybridized carbons (Fsp3) is 0.125. The predicted octanol–water partition coefficient (Wildman–Crippen LogP) is 3.82. The zero-order chi connectivity index (χ0) is 16.8. The van der Waals surface area contributed by atoms with Crippen LogP contribution in [0.5, 0.6) is 5.75 Å². The van der Waals surface area contributed by atoms with Gasteiger partial charge in [0.2, 0.25) is 0 Å². The van der Waals surface area contributed by atoms with Crippen molar-refractivity contribution < 1.29 is 23.4 Å². The molecule has 2 aromatic carbocycles. The molecule has 0 heterocycles. The zero-order valence-corrected chi connectivity index (χ0v) is 12.2. The molecule has 0 saturated heterocycles. The molecule has 0 atom stereocenters. The molecule has 2 N–H and O–H groups in total. The molecule has 0 spiro atoms. The van der Waals surface area contributed by atoms with Crippen molar-refractivity contribution in [2.24, 2.45) is 5.10 Å². The van der Waals surface area contributed by atoms with Gasteiger partial charge in [0.25, 0.3) is 0 Å². The molecule has 0 bridgehead atoms. The van der Waals surface area contributed by atoms with Gasteiger partial charge in [0.1, 0.15) is 5.75 Å². The topological polar surface area (TPSA) is 70.9 Å². The number of carboxylic acids is 1. The number of nitrogens with one attached hydrogen (secondary N) is 1. The summed E-state index contributed by atoms with van der Waals surface area (Å²) in [5.41, 5.74) is 4.15. The third-order valence-corrected chi connectivity index (χ3v) is 2.98. The normalized spacial score (nSPS) is 11.4. The van der Waals surface area contributed by atoms with E-state index in [4.69, 9.17) is 5.11 Å². The monoisotopic (exact) mass is 320 g/mol. The van der Waals surface area contributed by atoms with Crippen LogP contribution in [0.1, 0.15) is 22.8 Å². The van der Waals surface area contributed by atoms with Crippen LogP contribution in [0.3, 0.4) is 0 Å². The predicted molar refractivity (Wildman–Crippen MR) is 82.3 cm³/mol. The molecular weight excluding hydrogens is 306 g/mol. The number of hydrogen-bond acceptors (Lipinski definition) is 4. The van der Waals surface area contributed by atoms with Gasteiger partial charge in [-0.3, -0.25) is 5.43 Å². The van der Waals surface area contributed by atoms with Gasteiger partial charge < -0.3 is 9.84 Å². The number of ether oxygens (including phenoxy) is 1. The lowest BCUT2D eigenvalue weighted by Crippen LogP contribution is -2.06. The Kier molecular flexibility index (Phi) is 5.24. The van der Waals surface area contributed by atoms with Gasteiger partial charge >= 0.3 is 12.6 Å². The van der Waals surface area contributed by atoms with Crippen LogP contribution >= 0.6 is 0 Å². The van der Waals surface area contributed by atoms with Gasteiger partial charge in [0, 0.05) is 5.56 Å². The van der Waals surface area contributed by atoms with Gasteiger partial charge in [-0.1, -0.05) is 24.3 Å². The van der Waals surface area contributed by atoms with Crippen molar-refractivity contribution in [1.82, 2.24) is 0 Å². The van der Waals surface area contributed by atoms with Crippen molar-refractivity contribution in [1.29, 1.82) is 0 Å². The van der Waals surface area contributed by atoms with Crippen LogP contribution in [0, 0.1) is 0 Å². The van der Waals surface area contributed by atoms with Crippen LogP contribution in [-0.4, -0.2) is 23.4 Å². The van der Waals surface area contributed by atoms with Crippen molar-refractivity contribution in [3.63, 3.8) is 0 Å². The number of hydrogen-bond donors (Lipinski definition) is 2. The molecule has 0 aliphatic heterocycles. The Hall–Kier alpha value is -2.96. The molecule has 0 unspecified atom stereocenters. The fourth-order valence-corrected chi connectivity index (χ4v) is 1.87. The highest BCUT2D eigenvalue weighted by Gasteiger charge is 2.09. The fourth-order valence-electron chi connectivity index (χ4n) is 1.87. The quantitative estimate of drug-likeness (QED) is 0.627. The number of hydrazone groups is 1. The van der Waals surface area contributed by atoms with Crippen LogP contribution in [0.4, 0.5) is 14.5 Å². The molecule has 0 amide bonds. The van der Waals surface area contributed by atoms with Crippen molar-refractivity contribution in [2.45, 2.75) is 13.5 Å². The summed E-state index contributed by atoms with van der Waals surface area (Å²) in [7, 11) is 0. The van der Waals surface area contributed by atoms with E-state index in [0.717, 1.165) is 0 Å². The Morgan fingerprint density at radius 3 is 2.65 bits per heavy atom. The van der Waals surface area contributed by atoms with Gasteiger partial charge in [-0.15, -0.1) is 0 Å². The Morgan fingerprint density at radius 1 is 1.22 bits per heavy atom. The summed E-state index contributed by atoms with van der Waals surface area (Å²) in [6, 6.07) is 12.4. The molecule has 0 radical (unpaired) electrons.